The number of hydrogen-bond donors (Lipinski definition) is 2. The van der Waals surface area contributed by atoms with Crippen LogP contribution in [0.3, 0.4) is 0 Å². The van der Waals surface area contributed by atoms with E-state index < -0.39 is 0 Å². The molecule has 0 bridgehead atoms. The lowest BCUT2D eigenvalue weighted by Gasteiger charge is -2.26. The lowest BCUT2D eigenvalue weighted by Crippen LogP contribution is -2.37. The maximum absolute atomic E-state index is 9.29. The van der Waals surface area contributed by atoms with Crippen molar-refractivity contribution in [2.24, 2.45) is 5.92 Å². The van der Waals surface area contributed by atoms with Crippen LogP contribution in [0, 0.1) is 5.92 Å². The van der Waals surface area contributed by atoms with Gasteiger partial charge in [-0.2, -0.15) is 4.37 Å². The van der Waals surface area contributed by atoms with Crippen molar-refractivity contribution in [1.29, 1.82) is 0 Å². The quantitative estimate of drug-likeness (QED) is 0.805. The zero-order valence-corrected chi connectivity index (χ0v) is 11.3. The van der Waals surface area contributed by atoms with Crippen molar-refractivity contribution in [1.82, 2.24) is 9.36 Å². The van der Waals surface area contributed by atoms with E-state index in [0.717, 1.165) is 23.8 Å². The molecule has 5 heteroatoms. The molecule has 0 saturated carbocycles. The van der Waals surface area contributed by atoms with Gasteiger partial charge in [-0.05, 0) is 19.3 Å². The normalized spacial score (nSPS) is 15.1. The molecule has 1 aromatic heterocycles. The summed E-state index contributed by atoms with van der Waals surface area (Å²) in [6.45, 7) is 8.43. The van der Waals surface area contributed by atoms with Crippen LogP contribution in [0.1, 0.15) is 39.9 Å². The molecule has 2 N–H and O–H groups in total. The molecule has 1 heterocycles. The first-order valence-electron chi connectivity index (χ1n) is 5.70. The van der Waals surface area contributed by atoms with Gasteiger partial charge in [0, 0.05) is 18.0 Å². The highest BCUT2D eigenvalue weighted by molar-refractivity contribution is 7.09. The van der Waals surface area contributed by atoms with E-state index in [9.17, 15) is 5.11 Å². The first-order chi connectivity index (χ1) is 7.49. The van der Waals surface area contributed by atoms with Crippen LogP contribution in [0.4, 0.5) is 5.13 Å². The molecule has 0 fully saturated rings. The average molecular weight is 243 g/mol. The fraction of sp³-hybridized carbons (Fsp3) is 0.818. The second-order valence-corrected chi connectivity index (χ2v) is 5.56. The minimum atomic E-state index is -0.297. The second kappa shape index (κ2) is 5.59. The van der Waals surface area contributed by atoms with Gasteiger partial charge in [-0.3, -0.25) is 0 Å². The zero-order valence-electron chi connectivity index (χ0n) is 10.4. The van der Waals surface area contributed by atoms with E-state index in [4.69, 9.17) is 0 Å². The second-order valence-electron chi connectivity index (χ2n) is 4.81. The number of anilines is 1. The molecule has 0 aliphatic carbocycles. The molecule has 0 aliphatic heterocycles. The van der Waals surface area contributed by atoms with E-state index in [1.54, 1.807) is 0 Å². The third-order valence-corrected chi connectivity index (χ3v) is 3.27. The number of nitrogens with one attached hydrogen (secondary N) is 1. The zero-order chi connectivity index (χ0) is 12.2. The molecule has 1 atom stereocenters. The van der Waals surface area contributed by atoms with Gasteiger partial charge in [-0.1, -0.05) is 20.8 Å². The summed E-state index contributed by atoms with van der Waals surface area (Å²) < 4.78 is 4.30. The highest BCUT2D eigenvalue weighted by Crippen LogP contribution is 2.20. The molecular formula is C11H21N3OS. The molecule has 1 aromatic rings. The van der Waals surface area contributed by atoms with Crippen LogP contribution in [0.25, 0.3) is 0 Å². The summed E-state index contributed by atoms with van der Waals surface area (Å²) in [6, 6.07) is 0. The maximum atomic E-state index is 9.29. The van der Waals surface area contributed by atoms with Crippen molar-refractivity contribution in [2.75, 3.05) is 11.9 Å². The summed E-state index contributed by atoms with van der Waals surface area (Å²) in [5.74, 6) is 1.46. The molecule has 0 amide bonds. The molecule has 0 aromatic carbocycles. The van der Waals surface area contributed by atoms with Gasteiger partial charge in [0.15, 0.2) is 0 Å². The van der Waals surface area contributed by atoms with E-state index in [1.807, 2.05) is 13.8 Å². The third-order valence-electron chi connectivity index (χ3n) is 2.60. The van der Waals surface area contributed by atoms with E-state index in [0.29, 0.717) is 5.92 Å². The van der Waals surface area contributed by atoms with Gasteiger partial charge in [0.05, 0.1) is 12.1 Å². The van der Waals surface area contributed by atoms with Gasteiger partial charge in [-0.25, -0.2) is 4.98 Å². The molecule has 16 heavy (non-hydrogen) atoms. The Bertz CT molecular complexity index is 321. The Balaban J connectivity index is 2.64. The Labute approximate surface area is 101 Å². The van der Waals surface area contributed by atoms with Crippen LogP contribution in [0.5, 0.6) is 0 Å². The van der Waals surface area contributed by atoms with E-state index >= 15 is 0 Å². The van der Waals surface area contributed by atoms with Crippen molar-refractivity contribution in [3.05, 3.63) is 5.82 Å². The Hall–Kier alpha value is -0.680. The van der Waals surface area contributed by atoms with Crippen molar-refractivity contribution >= 4 is 16.7 Å². The van der Waals surface area contributed by atoms with E-state index in [-0.39, 0.29) is 12.1 Å². The van der Waals surface area contributed by atoms with E-state index in [1.165, 1.54) is 11.5 Å². The fourth-order valence-electron chi connectivity index (χ4n) is 1.25. The molecule has 0 spiro atoms. The van der Waals surface area contributed by atoms with Gasteiger partial charge in [0.1, 0.15) is 5.82 Å². The summed E-state index contributed by atoms with van der Waals surface area (Å²) in [4.78, 5) is 4.42. The first kappa shape index (κ1) is 13.4. The first-order valence-corrected chi connectivity index (χ1v) is 6.48. The summed E-state index contributed by atoms with van der Waals surface area (Å²) in [6.07, 6.45) is 1.75. The molecule has 0 aliphatic rings. The van der Waals surface area contributed by atoms with Crippen LogP contribution in [0.15, 0.2) is 0 Å². The number of aliphatic hydroxyl groups excluding tert-OH is 1. The monoisotopic (exact) mass is 243 g/mol. The van der Waals surface area contributed by atoms with Gasteiger partial charge in [0.2, 0.25) is 5.13 Å². The van der Waals surface area contributed by atoms with Gasteiger partial charge >= 0.3 is 0 Å². The molecule has 4 nitrogen and oxygen atoms in total. The average Bonchev–Trinajstić information content (AvgIpc) is 2.64. The van der Waals surface area contributed by atoms with Crippen molar-refractivity contribution in [2.45, 2.75) is 46.1 Å². The van der Waals surface area contributed by atoms with Crippen molar-refractivity contribution < 1.29 is 5.11 Å². The van der Waals surface area contributed by atoms with Crippen molar-refractivity contribution in [3.63, 3.8) is 0 Å². The minimum Gasteiger partial charge on any atom is -0.394 e. The molecule has 92 valence electrons. The fourth-order valence-corrected chi connectivity index (χ4v) is 2.00. The Morgan fingerprint density at radius 3 is 2.69 bits per heavy atom. The SMILES string of the molecule is CCC(C)(CO)Nc1nc(CC(C)C)ns1. The van der Waals surface area contributed by atoms with Crippen LogP contribution in [0.2, 0.25) is 0 Å². The predicted molar refractivity (Wildman–Crippen MR) is 67.9 cm³/mol. The highest BCUT2D eigenvalue weighted by atomic mass is 32.1. The number of hydrogen-bond acceptors (Lipinski definition) is 5. The lowest BCUT2D eigenvalue weighted by molar-refractivity contribution is 0.219. The molecule has 0 radical (unpaired) electrons. The molecule has 0 saturated heterocycles. The van der Waals surface area contributed by atoms with Crippen LogP contribution in [-0.4, -0.2) is 26.6 Å². The summed E-state index contributed by atoms with van der Waals surface area (Å²) in [7, 11) is 0. The topological polar surface area (TPSA) is 58.0 Å². The Morgan fingerprint density at radius 2 is 2.19 bits per heavy atom. The van der Waals surface area contributed by atoms with Gasteiger partial charge in [-0.15, -0.1) is 0 Å². The summed E-state index contributed by atoms with van der Waals surface area (Å²) in [5.41, 5.74) is -0.297. The minimum absolute atomic E-state index is 0.0998. The number of nitrogens with zero attached hydrogens (tertiary/aromatic N) is 2. The number of aromatic nitrogens is 2. The summed E-state index contributed by atoms with van der Waals surface area (Å²) in [5, 5.41) is 13.3. The Kier molecular flexibility index (Phi) is 4.68. The van der Waals surface area contributed by atoms with Gasteiger partial charge in [0.25, 0.3) is 0 Å². The Morgan fingerprint density at radius 1 is 1.50 bits per heavy atom. The number of aliphatic hydroxyl groups is 1. The van der Waals surface area contributed by atoms with Gasteiger partial charge < -0.3 is 10.4 Å². The lowest BCUT2D eigenvalue weighted by atomic mass is 10.0. The van der Waals surface area contributed by atoms with E-state index in [2.05, 4.69) is 28.5 Å². The standard InChI is InChI=1S/C11H21N3OS/c1-5-11(4,7-15)13-10-12-9(14-16-10)6-8(2)3/h8,15H,5-7H2,1-4H3,(H,12,13,14). The molecule has 1 rings (SSSR count). The van der Waals surface area contributed by atoms with Crippen molar-refractivity contribution in [3.8, 4) is 0 Å². The smallest absolute Gasteiger partial charge is 0.203 e. The van der Waals surface area contributed by atoms with Crippen LogP contribution < -0.4 is 5.32 Å². The largest absolute Gasteiger partial charge is 0.394 e. The highest BCUT2D eigenvalue weighted by Gasteiger charge is 2.22. The number of rotatable bonds is 6. The third kappa shape index (κ3) is 3.72. The van der Waals surface area contributed by atoms with Crippen LogP contribution >= 0.6 is 11.5 Å². The summed E-state index contributed by atoms with van der Waals surface area (Å²) >= 11 is 1.37. The van der Waals surface area contributed by atoms with Crippen LogP contribution in [-0.2, 0) is 6.42 Å². The molecule has 1 unspecified atom stereocenters. The predicted octanol–water partition coefficient (Wildman–Crippen LogP) is 2.31. The maximum Gasteiger partial charge on any atom is 0.203 e. The molecular weight excluding hydrogens is 222 g/mol.